The number of pyridine rings is 1. The van der Waals surface area contributed by atoms with Crippen LogP contribution in [0.1, 0.15) is 16.8 Å². The van der Waals surface area contributed by atoms with E-state index in [0.717, 1.165) is 11.1 Å². The maximum absolute atomic E-state index is 8.72. The average molecular weight is 239 g/mol. The lowest BCUT2D eigenvalue weighted by Crippen LogP contribution is -2.14. The molecule has 0 spiro atoms. The summed E-state index contributed by atoms with van der Waals surface area (Å²) in [5.74, 6) is 0. The van der Waals surface area contributed by atoms with Crippen LogP contribution < -0.4 is 5.48 Å². The summed E-state index contributed by atoms with van der Waals surface area (Å²) in [4.78, 5) is 9.25. The molecule has 0 fully saturated rings. The topological polar surface area (TPSA) is 57.9 Å². The van der Waals surface area contributed by atoms with Gasteiger partial charge in [0.15, 0.2) is 0 Å². The lowest BCUT2D eigenvalue weighted by atomic mass is 10.2. The highest BCUT2D eigenvalue weighted by atomic mass is 16.6. The fourth-order valence-corrected chi connectivity index (χ4v) is 1.49. The Morgan fingerprint density at radius 2 is 2.00 bits per heavy atom. The molecule has 0 aliphatic rings. The summed E-state index contributed by atoms with van der Waals surface area (Å²) in [6.07, 6.45) is 1.62. The minimum atomic E-state index is 0.414. The Morgan fingerprint density at radius 1 is 1.17 bits per heavy atom. The molecule has 0 bridgehead atoms. The van der Waals surface area contributed by atoms with Crippen LogP contribution in [0.5, 0.6) is 0 Å². The van der Waals surface area contributed by atoms with Crippen molar-refractivity contribution in [2.24, 2.45) is 0 Å². The second kappa shape index (κ2) is 6.50. The predicted molar refractivity (Wildman–Crippen MR) is 67.0 cm³/mol. The molecule has 0 aliphatic heterocycles. The Kier molecular flexibility index (Phi) is 4.42. The van der Waals surface area contributed by atoms with Crippen LogP contribution in [-0.4, -0.2) is 4.98 Å². The largest absolute Gasteiger partial charge is 0.297 e. The highest BCUT2D eigenvalue weighted by Gasteiger charge is 1.96. The maximum Gasteiger partial charge on any atom is 0.140 e. The van der Waals surface area contributed by atoms with E-state index in [4.69, 9.17) is 10.1 Å². The molecule has 1 aromatic heterocycles. The van der Waals surface area contributed by atoms with Crippen molar-refractivity contribution in [3.05, 3.63) is 65.5 Å². The van der Waals surface area contributed by atoms with E-state index in [1.807, 2.05) is 42.5 Å². The fourth-order valence-electron chi connectivity index (χ4n) is 1.49. The molecule has 0 saturated carbocycles. The molecular formula is C14H13N3O. The van der Waals surface area contributed by atoms with Crippen LogP contribution in [0.3, 0.4) is 0 Å². The van der Waals surface area contributed by atoms with Crippen molar-refractivity contribution in [1.29, 1.82) is 5.26 Å². The molecule has 0 unspecified atom stereocenters. The molecule has 90 valence electrons. The molecule has 0 radical (unpaired) electrons. The number of benzene rings is 1. The zero-order valence-corrected chi connectivity index (χ0v) is 9.84. The van der Waals surface area contributed by atoms with Gasteiger partial charge in [0.25, 0.3) is 0 Å². The number of nitriles is 1. The molecule has 0 amide bonds. The number of aromatic nitrogens is 1. The first kappa shape index (κ1) is 12.2. The van der Waals surface area contributed by atoms with E-state index in [1.54, 1.807) is 12.3 Å². The van der Waals surface area contributed by atoms with E-state index >= 15 is 0 Å². The summed E-state index contributed by atoms with van der Waals surface area (Å²) in [7, 11) is 0. The van der Waals surface area contributed by atoms with E-state index < -0.39 is 0 Å². The number of hydrogen-bond donors (Lipinski definition) is 1. The highest BCUT2D eigenvalue weighted by Crippen LogP contribution is 2.02. The Labute approximate surface area is 106 Å². The number of hydrogen-bond acceptors (Lipinski definition) is 4. The minimum Gasteiger partial charge on any atom is -0.297 e. The van der Waals surface area contributed by atoms with Crippen LogP contribution in [0.25, 0.3) is 0 Å². The van der Waals surface area contributed by atoms with E-state index in [0.29, 0.717) is 18.8 Å². The summed E-state index contributed by atoms with van der Waals surface area (Å²) < 4.78 is 0. The smallest absolute Gasteiger partial charge is 0.140 e. The maximum atomic E-state index is 8.72. The van der Waals surface area contributed by atoms with Crippen LogP contribution >= 0.6 is 0 Å². The summed E-state index contributed by atoms with van der Waals surface area (Å²) >= 11 is 0. The van der Waals surface area contributed by atoms with Gasteiger partial charge in [-0.25, -0.2) is 4.98 Å². The third-order valence-electron chi connectivity index (χ3n) is 2.40. The molecule has 1 aromatic carbocycles. The third kappa shape index (κ3) is 3.67. The van der Waals surface area contributed by atoms with Gasteiger partial charge in [0, 0.05) is 12.7 Å². The Hall–Kier alpha value is -2.22. The summed E-state index contributed by atoms with van der Waals surface area (Å²) in [5.41, 5.74) is 5.35. The molecule has 0 aliphatic carbocycles. The van der Waals surface area contributed by atoms with Gasteiger partial charge in [-0.2, -0.15) is 10.7 Å². The second-order valence-electron chi connectivity index (χ2n) is 3.76. The van der Waals surface area contributed by atoms with Gasteiger partial charge in [-0.1, -0.05) is 30.3 Å². The van der Waals surface area contributed by atoms with Gasteiger partial charge in [0.2, 0.25) is 0 Å². The van der Waals surface area contributed by atoms with Crippen LogP contribution in [0.15, 0.2) is 48.7 Å². The quantitative estimate of drug-likeness (QED) is 0.641. The number of nitrogens with one attached hydrogen (secondary N) is 1. The van der Waals surface area contributed by atoms with Gasteiger partial charge in [0.1, 0.15) is 11.8 Å². The van der Waals surface area contributed by atoms with Gasteiger partial charge in [-0.05, 0) is 23.3 Å². The zero-order chi connectivity index (χ0) is 12.6. The Bertz CT molecular complexity index is 534. The number of hydroxylamine groups is 1. The molecular weight excluding hydrogens is 226 g/mol. The first-order valence-corrected chi connectivity index (χ1v) is 5.62. The first-order valence-electron chi connectivity index (χ1n) is 5.62. The lowest BCUT2D eigenvalue weighted by molar-refractivity contribution is 0.0235. The number of rotatable bonds is 5. The molecule has 2 aromatic rings. The Balaban J connectivity index is 1.77. The molecule has 0 saturated heterocycles. The van der Waals surface area contributed by atoms with Crippen molar-refractivity contribution >= 4 is 0 Å². The second-order valence-corrected chi connectivity index (χ2v) is 3.76. The van der Waals surface area contributed by atoms with Crippen LogP contribution in [0.4, 0.5) is 0 Å². The zero-order valence-electron chi connectivity index (χ0n) is 9.84. The van der Waals surface area contributed by atoms with Crippen LogP contribution in [0, 0.1) is 11.3 Å². The van der Waals surface area contributed by atoms with E-state index in [2.05, 4.69) is 10.5 Å². The molecule has 0 atom stereocenters. The predicted octanol–water partition coefficient (Wildman–Crippen LogP) is 2.17. The number of nitrogens with zero attached hydrogens (tertiary/aromatic N) is 2. The van der Waals surface area contributed by atoms with Crippen LogP contribution in [0.2, 0.25) is 0 Å². The fraction of sp³-hybridized carbons (Fsp3) is 0.143. The van der Waals surface area contributed by atoms with Crippen LogP contribution in [-0.2, 0) is 18.0 Å². The van der Waals surface area contributed by atoms with Crippen molar-refractivity contribution in [2.75, 3.05) is 0 Å². The summed E-state index contributed by atoms with van der Waals surface area (Å²) in [6, 6.07) is 15.5. The SMILES string of the molecule is N#Cc1cc(CNOCc2ccccc2)ccn1. The Morgan fingerprint density at radius 3 is 2.78 bits per heavy atom. The van der Waals surface area contributed by atoms with E-state index in [9.17, 15) is 0 Å². The third-order valence-corrected chi connectivity index (χ3v) is 2.40. The lowest BCUT2D eigenvalue weighted by Gasteiger charge is -2.06. The van der Waals surface area contributed by atoms with Crippen molar-refractivity contribution in [3.63, 3.8) is 0 Å². The van der Waals surface area contributed by atoms with Gasteiger partial charge in [-0.3, -0.25) is 4.84 Å². The molecule has 2 rings (SSSR count). The molecule has 18 heavy (non-hydrogen) atoms. The molecule has 1 N–H and O–H groups in total. The van der Waals surface area contributed by atoms with E-state index in [1.165, 1.54) is 0 Å². The average Bonchev–Trinajstić information content (AvgIpc) is 2.45. The van der Waals surface area contributed by atoms with E-state index in [-0.39, 0.29) is 0 Å². The summed E-state index contributed by atoms with van der Waals surface area (Å²) in [5, 5.41) is 8.72. The van der Waals surface area contributed by atoms with Gasteiger partial charge in [0.05, 0.1) is 6.61 Å². The molecule has 4 nitrogen and oxygen atoms in total. The highest BCUT2D eigenvalue weighted by molar-refractivity contribution is 5.25. The molecule has 1 heterocycles. The van der Waals surface area contributed by atoms with Gasteiger partial charge < -0.3 is 0 Å². The van der Waals surface area contributed by atoms with Crippen molar-refractivity contribution < 1.29 is 4.84 Å². The van der Waals surface area contributed by atoms with Crippen molar-refractivity contribution in [1.82, 2.24) is 10.5 Å². The van der Waals surface area contributed by atoms with Crippen molar-refractivity contribution in [3.8, 4) is 6.07 Å². The minimum absolute atomic E-state index is 0.414. The molecule has 4 heteroatoms. The first-order chi connectivity index (χ1) is 8.88. The van der Waals surface area contributed by atoms with Crippen molar-refractivity contribution in [2.45, 2.75) is 13.2 Å². The summed E-state index contributed by atoms with van der Waals surface area (Å²) in [6.45, 7) is 1.06. The van der Waals surface area contributed by atoms with Gasteiger partial charge in [-0.15, -0.1) is 0 Å². The van der Waals surface area contributed by atoms with Gasteiger partial charge >= 0.3 is 0 Å². The normalized spacial score (nSPS) is 9.94. The standard InChI is InChI=1S/C14H13N3O/c15-9-14-8-13(6-7-16-14)10-17-18-11-12-4-2-1-3-5-12/h1-8,17H,10-11H2. The monoisotopic (exact) mass is 239 g/mol.